The van der Waals surface area contributed by atoms with Crippen molar-refractivity contribution in [2.45, 2.75) is 12.6 Å². The molecule has 0 saturated carbocycles. The number of hydrogen-bond donors (Lipinski definition) is 1. The number of aliphatic carboxylic acids is 1. The zero-order chi connectivity index (χ0) is 9.84. The molecule has 0 heterocycles. The molecule has 1 aromatic rings. The van der Waals surface area contributed by atoms with E-state index in [4.69, 9.17) is 16.7 Å². The van der Waals surface area contributed by atoms with E-state index in [9.17, 15) is 9.18 Å². The van der Waals surface area contributed by atoms with Gasteiger partial charge in [-0.25, -0.2) is 9.18 Å². The third-order valence-corrected chi connectivity index (χ3v) is 1.99. The lowest BCUT2D eigenvalue weighted by Crippen LogP contribution is -2.17. The van der Waals surface area contributed by atoms with Gasteiger partial charge in [-0.05, 0) is 11.6 Å². The predicted octanol–water partition coefficient (Wildman–Crippen LogP) is 2.31. The number of alkyl halides is 1. The highest BCUT2D eigenvalue weighted by molar-refractivity contribution is 6.31. The fourth-order valence-electron chi connectivity index (χ4n) is 0.944. The molecular weight excluding hydrogens is 195 g/mol. The van der Waals surface area contributed by atoms with Crippen molar-refractivity contribution >= 4 is 17.6 Å². The predicted molar refractivity (Wildman–Crippen MR) is 47.7 cm³/mol. The topological polar surface area (TPSA) is 37.3 Å². The van der Waals surface area contributed by atoms with Crippen molar-refractivity contribution in [1.82, 2.24) is 0 Å². The van der Waals surface area contributed by atoms with Gasteiger partial charge in [-0.2, -0.15) is 0 Å². The van der Waals surface area contributed by atoms with E-state index in [0.717, 1.165) is 0 Å². The molecule has 1 aromatic carbocycles. The summed E-state index contributed by atoms with van der Waals surface area (Å²) in [7, 11) is 0. The maximum atomic E-state index is 12.7. The van der Waals surface area contributed by atoms with E-state index >= 15 is 0 Å². The Bertz CT molecular complexity index is 314. The third-order valence-electron chi connectivity index (χ3n) is 1.62. The average Bonchev–Trinajstić information content (AvgIpc) is 2.08. The third kappa shape index (κ3) is 2.70. The summed E-state index contributed by atoms with van der Waals surface area (Å²) in [4.78, 5) is 10.2. The maximum absolute atomic E-state index is 12.7. The van der Waals surface area contributed by atoms with E-state index in [-0.39, 0.29) is 6.42 Å². The van der Waals surface area contributed by atoms with E-state index in [1.54, 1.807) is 24.3 Å². The molecule has 4 heteroatoms. The molecule has 0 aliphatic rings. The molecule has 2 nitrogen and oxygen atoms in total. The average molecular weight is 203 g/mol. The van der Waals surface area contributed by atoms with Gasteiger partial charge >= 0.3 is 5.97 Å². The summed E-state index contributed by atoms with van der Waals surface area (Å²) in [5, 5.41) is 8.71. The van der Waals surface area contributed by atoms with Gasteiger partial charge in [0.15, 0.2) is 0 Å². The zero-order valence-corrected chi connectivity index (χ0v) is 7.46. The van der Waals surface area contributed by atoms with Crippen molar-refractivity contribution in [3.05, 3.63) is 34.9 Å². The highest BCUT2D eigenvalue weighted by atomic mass is 35.5. The first-order valence-corrected chi connectivity index (χ1v) is 4.09. The molecule has 13 heavy (non-hydrogen) atoms. The highest BCUT2D eigenvalue weighted by Crippen LogP contribution is 2.17. The molecule has 0 aliphatic heterocycles. The maximum Gasteiger partial charge on any atom is 0.338 e. The van der Waals surface area contributed by atoms with Crippen molar-refractivity contribution in [3.63, 3.8) is 0 Å². The van der Waals surface area contributed by atoms with E-state index < -0.39 is 12.1 Å². The molecular formula is C9H8ClFO2. The van der Waals surface area contributed by atoms with Gasteiger partial charge in [0.1, 0.15) is 0 Å². The van der Waals surface area contributed by atoms with Crippen LogP contribution in [0.25, 0.3) is 0 Å². The second kappa shape index (κ2) is 4.23. The first-order chi connectivity index (χ1) is 6.11. The summed E-state index contributed by atoms with van der Waals surface area (Å²) in [6, 6.07) is 6.61. The molecule has 0 saturated heterocycles. The fraction of sp³-hybridized carbons (Fsp3) is 0.222. The van der Waals surface area contributed by atoms with Crippen molar-refractivity contribution in [3.8, 4) is 0 Å². The smallest absolute Gasteiger partial charge is 0.338 e. The Labute approximate surface area is 80.0 Å². The highest BCUT2D eigenvalue weighted by Gasteiger charge is 2.17. The Balaban J connectivity index is 2.74. The van der Waals surface area contributed by atoms with Crippen LogP contribution in [0.5, 0.6) is 0 Å². The summed E-state index contributed by atoms with van der Waals surface area (Å²) in [6.07, 6.45) is -2.07. The lowest BCUT2D eigenvalue weighted by Gasteiger charge is -2.04. The summed E-state index contributed by atoms with van der Waals surface area (Å²) in [5.74, 6) is -1.46. The number of carboxylic acid groups (broad SMARTS) is 1. The second-order valence-electron chi connectivity index (χ2n) is 2.60. The molecule has 0 fully saturated rings. The standard InChI is InChI=1S/C9H8ClFO2/c10-7-4-2-1-3-6(7)5-8(11)9(12)13/h1-4,8H,5H2,(H,12,13)/t8-/m1/s1. The molecule has 0 amide bonds. The molecule has 1 atom stereocenters. The van der Waals surface area contributed by atoms with Crippen LogP contribution in [0.3, 0.4) is 0 Å². The van der Waals surface area contributed by atoms with Gasteiger partial charge in [-0.1, -0.05) is 29.8 Å². The molecule has 70 valence electrons. The fourth-order valence-corrected chi connectivity index (χ4v) is 1.16. The quantitative estimate of drug-likeness (QED) is 0.817. The summed E-state index contributed by atoms with van der Waals surface area (Å²) in [6.45, 7) is 0. The van der Waals surface area contributed by atoms with E-state index in [1.165, 1.54) is 0 Å². The Hall–Kier alpha value is -1.09. The number of carbonyl (C=O) groups is 1. The number of rotatable bonds is 3. The number of carboxylic acids is 1. The lowest BCUT2D eigenvalue weighted by molar-refractivity contribution is -0.142. The van der Waals surface area contributed by atoms with Gasteiger partial charge in [-0.3, -0.25) is 0 Å². The van der Waals surface area contributed by atoms with Gasteiger partial charge in [0.25, 0.3) is 0 Å². The molecule has 0 bridgehead atoms. The van der Waals surface area contributed by atoms with Crippen LogP contribution in [-0.4, -0.2) is 17.2 Å². The molecule has 1 rings (SSSR count). The number of benzene rings is 1. The number of halogens is 2. The van der Waals surface area contributed by atoms with Crippen LogP contribution in [0.1, 0.15) is 5.56 Å². The normalized spacial score (nSPS) is 12.5. The van der Waals surface area contributed by atoms with Crippen LogP contribution in [0.4, 0.5) is 4.39 Å². The van der Waals surface area contributed by atoms with Crippen LogP contribution in [0.2, 0.25) is 5.02 Å². The zero-order valence-electron chi connectivity index (χ0n) is 6.71. The molecule has 0 unspecified atom stereocenters. The molecule has 0 radical (unpaired) electrons. The largest absolute Gasteiger partial charge is 0.479 e. The Morgan fingerprint density at radius 2 is 2.15 bits per heavy atom. The van der Waals surface area contributed by atoms with Crippen LogP contribution >= 0.6 is 11.6 Å². The Morgan fingerprint density at radius 3 is 2.69 bits per heavy atom. The van der Waals surface area contributed by atoms with Crippen LogP contribution in [0, 0.1) is 0 Å². The summed E-state index contributed by atoms with van der Waals surface area (Å²) in [5.41, 5.74) is 0.513. The van der Waals surface area contributed by atoms with Crippen LogP contribution in [-0.2, 0) is 11.2 Å². The number of hydrogen-bond acceptors (Lipinski definition) is 1. The van der Waals surface area contributed by atoms with Crippen LogP contribution in [0.15, 0.2) is 24.3 Å². The van der Waals surface area contributed by atoms with Gasteiger partial charge in [0, 0.05) is 11.4 Å². The molecule has 0 aliphatic carbocycles. The Kier molecular flexibility index (Phi) is 3.25. The minimum atomic E-state index is -1.89. The molecule has 0 spiro atoms. The van der Waals surface area contributed by atoms with Gasteiger partial charge in [-0.15, -0.1) is 0 Å². The second-order valence-corrected chi connectivity index (χ2v) is 3.01. The molecule has 1 N–H and O–H groups in total. The summed E-state index contributed by atoms with van der Waals surface area (Å²) >= 11 is 5.71. The lowest BCUT2D eigenvalue weighted by atomic mass is 10.1. The molecule has 0 aromatic heterocycles. The Morgan fingerprint density at radius 1 is 1.54 bits per heavy atom. The van der Waals surface area contributed by atoms with E-state index in [1.807, 2.05) is 0 Å². The van der Waals surface area contributed by atoms with Gasteiger partial charge < -0.3 is 5.11 Å². The van der Waals surface area contributed by atoms with Gasteiger partial charge in [0.05, 0.1) is 0 Å². The SMILES string of the molecule is O=C(O)[C@H](F)Cc1ccccc1Cl. The van der Waals surface area contributed by atoms with E-state index in [0.29, 0.717) is 10.6 Å². The van der Waals surface area contributed by atoms with Crippen LogP contribution < -0.4 is 0 Å². The monoisotopic (exact) mass is 202 g/mol. The van der Waals surface area contributed by atoms with E-state index in [2.05, 4.69) is 0 Å². The summed E-state index contributed by atoms with van der Waals surface area (Å²) < 4.78 is 12.7. The van der Waals surface area contributed by atoms with Crippen molar-refractivity contribution in [2.24, 2.45) is 0 Å². The first-order valence-electron chi connectivity index (χ1n) is 3.71. The van der Waals surface area contributed by atoms with Crippen molar-refractivity contribution < 1.29 is 14.3 Å². The first kappa shape index (κ1) is 9.99. The van der Waals surface area contributed by atoms with Gasteiger partial charge in [0.2, 0.25) is 6.17 Å². The minimum Gasteiger partial charge on any atom is -0.479 e. The van der Waals surface area contributed by atoms with Crippen molar-refractivity contribution in [1.29, 1.82) is 0 Å². The minimum absolute atomic E-state index is 0.186. The van der Waals surface area contributed by atoms with Crippen molar-refractivity contribution in [2.75, 3.05) is 0 Å².